The number of ether oxygens (including phenoxy) is 1. The van der Waals surface area contributed by atoms with Crippen molar-refractivity contribution in [2.75, 3.05) is 11.9 Å². The monoisotopic (exact) mass is 379 g/mol. The summed E-state index contributed by atoms with van der Waals surface area (Å²) in [6.45, 7) is 5.64. The Balaban J connectivity index is 1.90. The van der Waals surface area contributed by atoms with Crippen molar-refractivity contribution in [1.29, 1.82) is 0 Å². The quantitative estimate of drug-likeness (QED) is 0.802. The van der Waals surface area contributed by atoms with Crippen LogP contribution in [0.5, 0.6) is 0 Å². The fraction of sp³-hybridized carbons (Fsp3) is 0.556. The van der Waals surface area contributed by atoms with Crippen LogP contribution >= 0.6 is 0 Å². The summed E-state index contributed by atoms with van der Waals surface area (Å²) in [6, 6.07) is 3.22. The minimum atomic E-state index is -2.60. The summed E-state index contributed by atoms with van der Waals surface area (Å²) in [5, 5.41) is 7.51. The van der Waals surface area contributed by atoms with E-state index in [4.69, 9.17) is 4.74 Å². The number of hydrogen-bond donors (Lipinski definition) is 1. The van der Waals surface area contributed by atoms with Gasteiger partial charge in [0.2, 0.25) is 5.92 Å². The Labute approximate surface area is 156 Å². The number of halogens is 2. The first kappa shape index (κ1) is 19.2. The summed E-state index contributed by atoms with van der Waals surface area (Å²) in [5.74, 6) is -2.55. The topological polar surface area (TPSA) is 81.9 Å². The molecule has 0 amide bonds. The van der Waals surface area contributed by atoms with E-state index in [1.807, 2.05) is 19.9 Å². The second-order valence-electron chi connectivity index (χ2n) is 6.77. The molecule has 1 aliphatic carbocycles. The predicted molar refractivity (Wildman–Crippen MR) is 95.4 cm³/mol. The van der Waals surface area contributed by atoms with Crippen LogP contribution in [0.4, 0.5) is 14.6 Å². The molecule has 0 spiro atoms. The zero-order chi connectivity index (χ0) is 19.6. The predicted octanol–water partition coefficient (Wildman–Crippen LogP) is 3.45. The van der Waals surface area contributed by atoms with Crippen LogP contribution in [0, 0.1) is 13.8 Å². The number of nitrogens with zero attached hydrogens (tertiary/aromatic N) is 4. The first-order valence-electron chi connectivity index (χ1n) is 9.01. The molecule has 0 aliphatic heterocycles. The van der Waals surface area contributed by atoms with E-state index in [1.54, 1.807) is 6.92 Å². The Bertz CT molecular complexity index is 827. The van der Waals surface area contributed by atoms with Crippen LogP contribution in [0.1, 0.15) is 54.5 Å². The number of rotatable bonds is 5. The van der Waals surface area contributed by atoms with Crippen LogP contribution < -0.4 is 5.32 Å². The summed E-state index contributed by atoms with van der Waals surface area (Å²) in [4.78, 5) is 20.9. The first-order valence-corrected chi connectivity index (χ1v) is 9.01. The van der Waals surface area contributed by atoms with E-state index in [2.05, 4.69) is 20.4 Å². The van der Waals surface area contributed by atoms with Gasteiger partial charge in [0.15, 0.2) is 5.69 Å². The van der Waals surface area contributed by atoms with Gasteiger partial charge in [0.1, 0.15) is 5.82 Å². The fourth-order valence-corrected chi connectivity index (χ4v) is 3.14. The Morgan fingerprint density at radius 3 is 2.59 bits per heavy atom. The van der Waals surface area contributed by atoms with Crippen LogP contribution in [0.15, 0.2) is 12.1 Å². The van der Waals surface area contributed by atoms with Gasteiger partial charge in [-0.25, -0.2) is 23.2 Å². The SMILES string of the molecule is CCOC(=O)c1cc(NC2CCC(F)(F)CC2)nc(-n2nc(C)cc2C)n1. The van der Waals surface area contributed by atoms with E-state index >= 15 is 0 Å². The third-order valence-corrected chi connectivity index (χ3v) is 4.47. The molecule has 27 heavy (non-hydrogen) atoms. The molecule has 2 heterocycles. The van der Waals surface area contributed by atoms with Gasteiger partial charge in [0, 0.05) is 30.6 Å². The van der Waals surface area contributed by atoms with Crippen LogP contribution in [-0.2, 0) is 4.74 Å². The van der Waals surface area contributed by atoms with Crippen molar-refractivity contribution >= 4 is 11.8 Å². The molecule has 0 saturated heterocycles. The van der Waals surface area contributed by atoms with E-state index in [9.17, 15) is 13.6 Å². The molecule has 146 valence electrons. The highest BCUT2D eigenvalue weighted by Crippen LogP contribution is 2.34. The normalized spacial score (nSPS) is 16.9. The maximum atomic E-state index is 13.4. The molecule has 1 N–H and O–H groups in total. The summed E-state index contributed by atoms with van der Waals surface area (Å²) in [5.41, 5.74) is 1.71. The molecule has 0 bridgehead atoms. The molecule has 0 aromatic carbocycles. The number of carbonyl (C=O) groups is 1. The van der Waals surface area contributed by atoms with Crippen LogP contribution in [0.25, 0.3) is 5.95 Å². The second-order valence-corrected chi connectivity index (χ2v) is 6.77. The summed E-state index contributed by atoms with van der Waals surface area (Å²) >= 11 is 0. The molecule has 1 fully saturated rings. The Morgan fingerprint density at radius 1 is 1.30 bits per heavy atom. The molecule has 1 saturated carbocycles. The number of esters is 1. The lowest BCUT2D eigenvalue weighted by Gasteiger charge is -2.29. The van der Waals surface area contributed by atoms with Gasteiger partial charge >= 0.3 is 5.97 Å². The van der Waals surface area contributed by atoms with Gasteiger partial charge in [0.25, 0.3) is 5.95 Å². The highest BCUT2D eigenvalue weighted by Gasteiger charge is 2.35. The molecule has 7 nitrogen and oxygen atoms in total. The lowest BCUT2D eigenvalue weighted by atomic mass is 9.92. The van der Waals surface area contributed by atoms with E-state index in [0.29, 0.717) is 18.7 Å². The molecular formula is C18H23F2N5O2. The van der Waals surface area contributed by atoms with Crippen molar-refractivity contribution in [3.8, 4) is 5.95 Å². The van der Waals surface area contributed by atoms with E-state index in [1.165, 1.54) is 10.7 Å². The molecule has 9 heteroatoms. The van der Waals surface area contributed by atoms with Gasteiger partial charge in [0.05, 0.1) is 12.3 Å². The zero-order valence-corrected chi connectivity index (χ0v) is 15.6. The highest BCUT2D eigenvalue weighted by atomic mass is 19.3. The molecule has 2 aromatic rings. The van der Waals surface area contributed by atoms with Gasteiger partial charge < -0.3 is 10.1 Å². The van der Waals surface area contributed by atoms with E-state index in [0.717, 1.165) is 11.4 Å². The van der Waals surface area contributed by atoms with Gasteiger partial charge in [-0.1, -0.05) is 0 Å². The molecule has 3 rings (SSSR count). The van der Waals surface area contributed by atoms with Crippen molar-refractivity contribution in [3.63, 3.8) is 0 Å². The van der Waals surface area contributed by atoms with Crippen LogP contribution in [0.3, 0.4) is 0 Å². The van der Waals surface area contributed by atoms with Gasteiger partial charge in [-0.15, -0.1) is 0 Å². The Kier molecular flexibility index (Phi) is 5.38. The molecule has 0 atom stereocenters. The number of carbonyl (C=O) groups excluding carboxylic acids is 1. The minimum absolute atomic E-state index is 0.0954. The summed E-state index contributed by atoms with van der Waals surface area (Å²) < 4.78 is 33.3. The third-order valence-electron chi connectivity index (χ3n) is 4.47. The summed E-state index contributed by atoms with van der Waals surface area (Å²) in [6.07, 6.45) is 0.345. The fourth-order valence-electron chi connectivity index (χ4n) is 3.14. The number of aryl methyl sites for hydroxylation is 2. The van der Waals surface area contributed by atoms with Crippen molar-refractivity contribution < 1.29 is 18.3 Å². The standard InChI is InChI=1S/C18H23F2N5O2/c1-4-27-16(26)14-10-15(21-13-5-7-18(19,20)8-6-13)23-17(22-14)25-12(3)9-11(2)24-25/h9-10,13H,4-8H2,1-3H3,(H,21,22,23). The Morgan fingerprint density at radius 2 is 2.00 bits per heavy atom. The number of nitrogens with one attached hydrogen (secondary N) is 1. The van der Waals surface area contributed by atoms with Crippen molar-refractivity contribution in [1.82, 2.24) is 19.7 Å². The third kappa shape index (κ3) is 4.58. The molecule has 2 aromatic heterocycles. The molecule has 0 radical (unpaired) electrons. The maximum Gasteiger partial charge on any atom is 0.357 e. The molecular weight excluding hydrogens is 356 g/mol. The smallest absolute Gasteiger partial charge is 0.357 e. The number of aromatic nitrogens is 4. The first-order chi connectivity index (χ1) is 12.8. The lowest BCUT2D eigenvalue weighted by Crippen LogP contribution is -2.32. The van der Waals surface area contributed by atoms with Gasteiger partial charge in [-0.2, -0.15) is 10.1 Å². The number of hydrogen-bond acceptors (Lipinski definition) is 6. The van der Waals surface area contributed by atoms with Crippen LogP contribution in [-0.4, -0.2) is 44.3 Å². The lowest BCUT2D eigenvalue weighted by molar-refractivity contribution is -0.0361. The van der Waals surface area contributed by atoms with Crippen LogP contribution in [0.2, 0.25) is 0 Å². The maximum absolute atomic E-state index is 13.4. The van der Waals surface area contributed by atoms with Gasteiger partial charge in [-0.05, 0) is 39.7 Å². The average Bonchev–Trinajstić information content (AvgIpc) is 2.95. The number of anilines is 1. The van der Waals surface area contributed by atoms with Gasteiger partial charge in [-0.3, -0.25) is 0 Å². The zero-order valence-electron chi connectivity index (χ0n) is 15.6. The largest absolute Gasteiger partial charge is 0.461 e. The Hall–Kier alpha value is -2.58. The van der Waals surface area contributed by atoms with E-state index < -0.39 is 11.9 Å². The van der Waals surface area contributed by atoms with Crippen molar-refractivity contribution in [3.05, 3.63) is 29.2 Å². The highest BCUT2D eigenvalue weighted by molar-refractivity contribution is 5.88. The van der Waals surface area contributed by atoms with Crippen molar-refractivity contribution in [2.45, 2.75) is 58.4 Å². The molecule has 0 unspecified atom stereocenters. The minimum Gasteiger partial charge on any atom is -0.461 e. The second kappa shape index (κ2) is 7.58. The molecule has 1 aliphatic rings. The van der Waals surface area contributed by atoms with Crippen molar-refractivity contribution in [2.24, 2.45) is 0 Å². The number of alkyl halides is 2. The summed E-state index contributed by atoms with van der Waals surface area (Å²) in [7, 11) is 0. The van der Waals surface area contributed by atoms with E-state index in [-0.39, 0.29) is 37.1 Å². The average molecular weight is 379 g/mol.